The Morgan fingerprint density at radius 1 is 0.960 bits per heavy atom. The van der Waals surface area contributed by atoms with E-state index in [-0.39, 0.29) is 16.7 Å². The van der Waals surface area contributed by atoms with Crippen LogP contribution in [0, 0.1) is 29.6 Å². The van der Waals surface area contributed by atoms with E-state index in [9.17, 15) is 18.0 Å². The van der Waals surface area contributed by atoms with Crippen molar-refractivity contribution in [3.8, 4) is 0 Å². The first kappa shape index (κ1) is 15.3. The van der Waals surface area contributed by atoms with Crippen molar-refractivity contribution in [1.82, 2.24) is 4.31 Å². The Morgan fingerprint density at radius 2 is 1.40 bits per heavy atom. The molecule has 0 aromatic heterocycles. The van der Waals surface area contributed by atoms with Crippen LogP contribution in [0.3, 0.4) is 0 Å². The highest BCUT2D eigenvalue weighted by atomic mass is 32.2. The minimum absolute atomic E-state index is 0.135. The fourth-order valence-electron chi connectivity index (χ4n) is 5.91. The predicted molar refractivity (Wildman–Crippen MR) is 83.7 cm³/mol. The molecule has 6 unspecified atom stereocenters. The summed E-state index contributed by atoms with van der Waals surface area (Å²) in [6.45, 7) is 1.88. The van der Waals surface area contributed by atoms with Gasteiger partial charge in [-0.05, 0) is 19.1 Å². The first-order valence-corrected chi connectivity index (χ1v) is 9.54. The van der Waals surface area contributed by atoms with E-state index in [1.54, 1.807) is 24.3 Å². The van der Waals surface area contributed by atoms with Gasteiger partial charge in [0.15, 0.2) is 0 Å². The van der Waals surface area contributed by atoms with E-state index in [0.717, 1.165) is 5.56 Å². The normalized spacial score (nSPS) is 42.2. The molecule has 6 atom stereocenters. The van der Waals surface area contributed by atoms with Crippen LogP contribution < -0.4 is 0 Å². The van der Waals surface area contributed by atoms with Gasteiger partial charge in [0.25, 0.3) is 0 Å². The van der Waals surface area contributed by atoms with Gasteiger partial charge in [-0.3, -0.25) is 9.59 Å². The number of aryl methyl sites for hydroxylation is 1. The lowest BCUT2D eigenvalue weighted by Crippen LogP contribution is -2.45. The van der Waals surface area contributed by atoms with Crippen LogP contribution in [0.25, 0.3) is 0 Å². The molecule has 3 saturated carbocycles. The number of sulfonamides is 1. The third-order valence-corrected chi connectivity index (χ3v) is 8.59. The molecule has 1 aromatic carbocycles. The quantitative estimate of drug-likeness (QED) is 0.716. The Balaban J connectivity index is 1.61. The highest BCUT2D eigenvalue weighted by Gasteiger charge is 3.14. The molecule has 3 aliphatic carbocycles. The summed E-state index contributed by atoms with van der Waals surface area (Å²) in [4.78, 5) is 25.1. The van der Waals surface area contributed by atoms with Crippen molar-refractivity contribution in [2.75, 3.05) is 14.2 Å². The number of hydrogen-bond donors (Lipinski definition) is 0. The van der Waals surface area contributed by atoms with Crippen molar-refractivity contribution >= 4 is 22.0 Å². The smallest absolute Gasteiger partial charge is 0.315 e. The third-order valence-electron chi connectivity index (χ3n) is 6.71. The summed E-state index contributed by atoms with van der Waals surface area (Å²) in [6, 6.07) is 5.58. The van der Waals surface area contributed by atoms with E-state index in [1.165, 1.54) is 18.5 Å². The van der Waals surface area contributed by atoms with Crippen molar-refractivity contribution in [2.24, 2.45) is 22.7 Å². The number of piperidine rings is 4. The number of carbonyl (C=O) groups is 2. The second-order valence-electron chi connectivity index (χ2n) is 7.31. The van der Waals surface area contributed by atoms with E-state index < -0.39 is 44.9 Å². The van der Waals surface area contributed by atoms with E-state index in [4.69, 9.17) is 9.47 Å². The number of methoxy groups -OCH3 is 2. The Morgan fingerprint density at radius 3 is 1.80 bits per heavy atom. The molecule has 132 valence electrons. The summed E-state index contributed by atoms with van der Waals surface area (Å²) in [6.07, 6.45) is 0. The van der Waals surface area contributed by atoms with Crippen molar-refractivity contribution in [3.05, 3.63) is 29.8 Å². The maximum absolute atomic E-state index is 13.2. The Hall–Kier alpha value is -1.93. The van der Waals surface area contributed by atoms with Gasteiger partial charge < -0.3 is 9.47 Å². The molecule has 6 rings (SSSR count). The largest absolute Gasteiger partial charge is 0.469 e. The number of rotatable bonds is 4. The lowest BCUT2D eigenvalue weighted by atomic mass is 9.72. The summed E-state index contributed by atoms with van der Waals surface area (Å²) in [5.41, 5.74) is -1.15. The maximum Gasteiger partial charge on any atom is 0.315 e. The summed E-state index contributed by atoms with van der Waals surface area (Å²) in [7, 11) is -1.26. The maximum atomic E-state index is 13.2. The van der Waals surface area contributed by atoms with Crippen molar-refractivity contribution < 1.29 is 27.5 Å². The molecule has 5 aliphatic rings. The standard InChI is InChI=1S/C17H17NO6S/c1-8-4-6-9(7-5-8)25(21,22)18-12-10-11-13(18)17(11,15(20)24-3)16(10,12)14(19)23-2/h4-7,10-13H,1-3H3. The Bertz CT molecular complexity index is 900. The van der Waals surface area contributed by atoms with E-state index in [2.05, 4.69) is 0 Å². The van der Waals surface area contributed by atoms with E-state index in [0.29, 0.717) is 0 Å². The van der Waals surface area contributed by atoms with Gasteiger partial charge in [-0.1, -0.05) is 17.7 Å². The molecule has 2 heterocycles. The number of benzene rings is 1. The minimum atomic E-state index is -3.79. The molecule has 0 amide bonds. The number of ether oxygens (including phenoxy) is 2. The summed E-state index contributed by atoms with van der Waals surface area (Å²) >= 11 is 0. The van der Waals surface area contributed by atoms with Gasteiger partial charge in [0.1, 0.15) is 10.8 Å². The van der Waals surface area contributed by atoms with Gasteiger partial charge in [0.2, 0.25) is 10.0 Å². The molecule has 0 N–H and O–H groups in total. The van der Waals surface area contributed by atoms with Crippen LogP contribution in [0.15, 0.2) is 29.2 Å². The van der Waals surface area contributed by atoms with E-state index >= 15 is 0 Å². The number of nitrogens with zero attached hydrogens (tertiary/aromatic N) is 1. The first-order valence-electron chi connectivity index (χ1n) is 8.10. The summed E-state index contributed by atoms with van der Waals surface area (Å²) in [5, 5.41) is 0. The SMILES string of the molecule is COC(=O)C12C3C4C(N(S(=O)(=O)c5ccc(C)cc5)C31)C42C(=O)OC. The average Bonchev–Trinajstić information content (AvgIpc) is 3.28. The fraction of sp³-hybridized carbons (Fsp3) is 0.529. The topological polar surface area (TPSA) is 90.0 Å². The lowest BCUT2D eigenvalue weighted by molar-refractivity contribution is -0.168. The van der Waals surface area contributed by atoms with Crippen LogP contribution in [-0.2, 0) is 29.1 Å². The van der Waals surface area contributed by atoms with Crippen LogP contribution >= 0.6 is 0 Å². The van der Waals surface area contributed by atoms with Crippen molar-refractivity contribution in [2.45, 2.75) is 23.9 Å². The number of carbonyl (C=O) groups excluding carboxylic acids is 2. The number of hydrogen-bond acceptors (Lipinski definition) is 6. The minimum Gasteiger partial charge on any atom is -0.469 e. The zero-order chi connectivity index (χ0) is 17.9. The van der Waals surface area contributed by atoms with Crippen LogP contribution in [0.2, 0.25) is 0 Å². The zero-order valence-electron chi connectivity index (χ0n) is 13.9. The van der Waals surface area contributed by atoms with Crippen LogP contribution in [0.4, 0.5) is 0 Å². The highest BCUT2D eigenvalue weighted by molar-refractivity contribution is 7.89. The molecule has 2 bridgehead atoms. The van der Waals surface area contributed by atoms with E-state index in [1.807, 2.05) is 6.92 Å². The predicted octanol–water partition coefficient (Wildman–Crippen LogP) is 0.329. The molecular weight excluding hydrogens is 346 g/mol. The second kappa shape index (κ2) is 4.07. The molecule has 2 aliphatic heterocycles. The summed E-state index contributed by atoms with van der Waals surface area (Å²) < 4.78 is 37.6. The highest BCUT2D eigenvalue weighted by Crippen LogP contribution is 3.00. The second-order valence-corrected chi connectivity index (χ2v) is 9.15. The molecule has 8 heteroatoms. The van der Waals surface area contributed by atoms with Gasteiger partial charge >= 0.3 is 11.9 Å². The molecule has 2 saturated heterocycles. The van der Waals surface area contributed by atoms with Crippen LogP contribution in [0.1, 0.15) is 5.56 Å². The van der Waals surface area contributed by atoms with Gasteiger partial charge in [0.05, 0.1) is 19.1 Å². The molecule has 1 aromatic rings. The molecule has 0 spiro atoms. The summed E-state index contributed by atoms with van der Waals surface area (Å²) in [5.74, 6) is -1.28. The molecule has 25 heavy (non-hydrogen) atoms. The van der Waals surface area contributed by atoms with Gasteiger partial charge in [0, 0.05) is 23.9 Å². The molecular formula is C17H17NO6S. The van der Waals surface area contributed by atoms with Gasteiger partial charge in [-0.25, -0.2) is 8.42 Å². The average molecular weight is 363 g/mol. The molecule has 0 radical (unpaired) electrons. The molecule has 5 fully saturated rings. The number of esters is 2. The Kier molecular flexibility index (Phi) is 2.50. The van der Waals surface area contributed by atoms with Crippen molar-refractivity contribution in [3.63, 3.8) is 0 Å². The lowest BCUT2D eigenvalue weighted by Gasteiger charge is -2.30. The monoisotopic (exact) mass is 363 g/mol. The third kappa shape index (κ3) is 1.23. The molecule has 7 nitrogen and oxygen atoms in total. The van der Waals surface area contributed by atoms with Crippen LogP contribution in [0.5, 0.6) is 0 Å². The van der Waals surface area contributed by atoms with Gasteiger partial charge in [-0.2, -0.15) is 4.31 Å². The fourth-order valence-corrected chi connectivity index (χ4v) is 7.82. The first-order chi connectivity index (χ1) is 11.8. The Labute approximate surface area is 144 Å². The van der Waals surface area contributed by atoms with Gasteiger partial charge in [-0.15, -0.1) is 0 Å². The van der Waals surface area contributed by atoms with Crippen molar-refractivity contribution in [1.29, 1.82) is 0 Å². The zero-order valence-corrected chi connectivity index (χ0v) is 14.7. The van der Waals surface area contributed by atoms with Crippen LogP contribution in [-0.4, -0.2) is 51.0 Å².